The van der Waals surface area contributed by atoms with Crippen LogP contribution in [0.5, 0.6) is 0 Å². The highest BCUT2D eigenvalue weighted by Gasteiger charge is 2.58. The second-order valence-corrected chi connectivity index (χ2v) is 10.2. The number of aliphatic hydroxyl groups excluding tert-OH is 2. The Balaban J connectivity index is 1.79. The number of carbonyl (C=O) groups is 1. The number of nitrogens with one attached hydrogen (secondary N) is 1. The standard InChI is InChI=1S/C24H31FN2O6/c1-13-4-5-18-23(2,8-6-19(29)24(18,3)12-28)15(13)10-17(14-7-9-33-21(14)31)27-11-16(25)20(30)26-22(27)32/h7,11,15,17-19,28-29H,1,4-6,8-10,12H2,2-3H3,(H,26,30,32). The second-order valence-electron chi connectivity index (χ2n) is 10.2. The Hall–Kier alpha value is -2.52. The molecule has 8 nitrogen and oxygen atoms in total. The Bertz CT molecular complexity index is 1120. The summed E-state index contributed by atoms with van der Waals surface area (Å²) in [4.78, 5) is 38.7. The van der Waals surface area contributed by atoms with Gasteiger partial charge in [0.05, 0.1) is 30.5 Å². The van der Waals surface area contributed by atoms with Crippen molar-refractivity contribution in [3.8, 4) is 0 Å². The SMILES string of the molecule is C=C1CCC2C(C)(CO)C(O)CCC2(C)C1CC(C1=CCOC1=O)n1cc(F)c(=O)[nH]c1=O. The fourth-order valence-electron chi connectivity index (χ4n) is 6.59. The zero-order chi connectivity index (χ0) is 24.1. The number of hydrogen-bond donors (Lipinski definition) is 3. The number of H-pyrrole nitrogens is 1. The van der Waals surface area contributed by atoms with Gasteiger partial charge in [-0.05, 0) is 55.4 Å². The Morgan fingerprint density at radius 3 is 2.70 bits per heavy atom. The molecule has 9 heteroatoms. The lowest BCUT2D eigenvalue weighted by atomic mass is 9.46. The first-order valence-electron chi connectivity index (χ1n) is 11.4. The maximum atomic E-state index is 14.2. The van der Waals surface area contributed by atoms with E-state index in [1.165, 1.54) is 0 Å². The largest absolute Gasteiger partial charge is 0.458 e. The minimum atomic E-state index is -1.12. The molecule has 33 heavy (non-hydrogen) atoms. The van der Waals surface area contributed by atoms with Crippen molar-refractivity contribution in [1.82, 2.24) is 9.55 Å². The molecule has 1 aliphatic heterocycles. The predicted octanol–water partition coefficient (Wildman–Crippen LogP) is 1.83. The summed E-state index contributed by atoms with van der Waals surface area (Å²) in [6, 6.07) is -0.858. The maximum absolute atomic E-state index is 14.2. The number of aliphatic hydroxyl groups is 2. The average Bonchev–Trinajstić information content (AvgIpc) is 3.19. The predicted molar refractivity (Wildman–Crippen MR) is 118 cm³/mol. The quantitative estimate of drug-likeness (QED) is 0.453. The highest BCUT2D eigenvalue weighted by atomic mass is 19.1. The Labute approximate surface area is 190 Å². The van der Waals surface area contributed by atoms with Gasteiger partial charge in [0.15, 0.2) is 0 Å². The van der Waals surface area contributed by atoms with Crippen LogP contribution < -0.4 is 11.2 Å². The fourth-order valence-corrected chi connectivity index (χ4v) is 6.59. The summed E-state index contributed by atoms with van der Waals surface area (Å²) in [6.07, 6.45) is 4.70. The van der Waals surface area contributed by atoms with Crippen LogP contribution >= 0.6 is 0 Å². The molecule has 0 saturated heterocycles. The summed E-state index contributed by atoms with van der Waals surface area (Å²) < 4.78 is 20.3. The molecule has 2 heterocycles. The molecule has 1 aromatic heterocycles. The third kappa shape index (κ3) is 3.71. The number of cyclic esters (lactones) is 1. The molecule has 180 valence electrons. The van der Waals surface area contributed by atoms with Crippen LogP contribution in [0.3, 0.4) is 0 Å². The number of halogens is 1. The van der Waals surface area contributed by atoms with E-state index in [1.54, 1.807) is 6.08 Å². The van der Waals surface area contributed by atoms with Crippen LogP contribution in [0.25, 0.3) is 0 Å². The van der Waals surface area contributed by atoms with Crippen molar-refractivity contribution in [2.75, 3.05) is 13.2 Å². The molecule has 2 aliphatic carbocycles. The first-order valence-corrected chi connectivity index (χ1v) is 11.4. The molecule has 0 aromatic carbocycles. The average molecular weight is 463 g/mol. The Morgan fingerprint density at radius 1 is 1.33 bits per heavy atom. The zero-order valence-corrected chi connectivity index (χ0v) is 19.0. The summed E-state index contributed by atoms with van der Waals surface area (Å²) >= 11 is 0. The molecule has 2 fully saturated rings. The maximum Gasteiger partial charge on any atom is 0.336 e. The number of aromatic amines is 1. The minimum Gasteiger partial charge on any atom is -0.458 e. The van der Waals surface area contributed by atoms with Crippen molar-refractivity contribution in [2.24, 2.45) is 22.7 Å². The van der Waals surface area contributed by atoms with E-state index >= 15 is 0 Å². The first-order chi connectivity index (χ1) is 15.5. The summed E-state index contributed by atoms with van der Waals surface area (Å²) in [5.74, 6) is -1.88. The summed E-state index contributed by atoms with van der Waals surface area (Å²) in [5, 5.41) is 20.9. The van der Waals surface area contributed by atoms with E-state index in [1.807, 2.05) is 11.9 Å². The van der Waals surface area contributed by atoms with Crippen LogP contribution in [-0.4, -0.2) is 45.1 Å². The molecule has 0 bridgehead atoms. The van der Waals surface area contributed by atoms with E-state index < -0.39 is 40.6 Å². The number of esters is 1. The van der Waals surface area contributed by atoms with Gasteiger partial charge in [-0.3, -0.25) is 14.3 Å². The summed E-state index contributed by atoms with van der Waals surface area (Å²) in [5.41, 5.74) is -1.78. The molecule has 0 amide bonds. The number of nitrogens with zero attached hydrogens (tertiary/aromatic N) is 1. The lowest BCUT2D eigenvalue weighted by molar-refractivity contribution is -0.153. The van der Waals surface area contributed by atoms with E-state index in [0.29, 0.717) is 19.3 Å². The number of fused-ring (bicyclic) bond motifs is 1. The van der Waals surface area contributed by atoms with E-state index in [-0.39, 0.29) is 42.5 Å². The van der Waals surface area contributed by atoms with Gasteiger partial charge in [0.2, 0.25) is 5.82 Å². The normalized spacial score (nSPS) is 35.1. The molecule has 2 saturated carbocycles. The molecule has 4 rings (SSSR count). The Kier molecular flexibility index (Phi) is 5.99. The van der Waals surface area contributed by atoms with Crippen molar-refractivity contribution in [1.29, 1.82) is 0 Å². The molecule has 6 unspecified atom stereocenters. The number of hydrogen-bond acceptors (Lipinski definition) is 6. The van der Waals surface area contributed by atoms with Gasteiger partial charge in [-0.15, -0.1) is 0 Å². The van der Waals surface area contributed by atoms with Crippen molar-refractivity contribution in [3.05, 3.63) is 56.7 Å². The summed E-state index contributed by atoms with van der Waals surface area (Å²) in [6.45, 7) is 8.21. The first kappa shape index (κ1) is 23.6. The highest BCUT2D eigenvalue weighted by molar-refractivity contribution is 5.91. The monoisotopic (exact) mass is 462 g/mol. The van der Waals surface area contributed by atoms with Crippen molar-refractivity contribution in [2.45, 2.75) is 58.1 Å². The lowest BCUT2D eigenvalue weighted by Gasteiger charge is -2.60. The van der Waals surface area contributed by atoms with E-state index in [9.17, 15) is 29.0 Å². The van der Waals surface area contributed by atoms with Crippen LogP contribution in [0, 0.1) is 28.5 Å². The van der Waals surface area contributed by atoms with Gasteiger partial charge >= 0.3 is 11.7 Å². The fraction of sp³-hybridized carbons (Fsp3) is 0.625. The van der Waals surface area contributed by atoms with Crippen molar-refractivity contribution >= 4 is 5.97 Å². The van der Waals surface area contributed by atoms with Crippen LogP contribution in [0.4, 0.5) is 4.39 Å². The van der Waals surface area contributed by atoms with Crippen LogP contribution in [0.2, 0.25) is 0 Å². The Morgan fingerprint density at radius 2 is 2.06 bits per heavy atom. The van der Waals surface area contributed by atoms with Crippen LogP contribution in [0.15, 0.2) is 39.6 Å². The smallest absolute Gasteiger partial charge is 0.336 e. The number of ether oxygens (including phenoxy) is 1. The van der Waals surface area contributed by atoms with Gasteiger partial charge in [-0.1, -0.05) is 26.0 Å². The van der Waals surface area contributed by atoms with Crippen LogP contribution in [-0.2, 0) is 9.53 Å². The number of aromatic nitrogens is 2. The molecule has 3 N–H and O–H groups in total. The molecule has 1 aromatic rings. The lowest BCUT2D eigenvalue weighted by Crippen LogP contribution is -2.57. The van der Waals surface area contributed by atoms with Gasteiger partial charge < -0.3 is 14.9 Å². The van der Waals surface area contributed by atoms with Crippen molar-refractivity contribution < 1.29 is 24.1 Å². The van der Waals surface area contributed by atoms with Crippen molar-refractivity contribution in [3.63, 3.8) is 0 Å². The molecular formula is C24H31FN2O6. The zero-order valence-electron chi connectivity index (χ0n) is 19.0. The molecular weight excluding hydrogens is 431 g/mol. The second kappa shape index (κ2) is 8.36. The van der Waals surface area contributed by atoms with Gasteiger partial charge in [0.1, 0.15) is 6.61 Å². The van der Waals surface area contributed by atoms with E-state index in [0.717, 1.165) is 22.8 Å². The topological polar surface area (TPSA) is 122 Å². The molecule has 6 atom stereocenters. The van der Waals surface area contributed by atoms with Gasteiger partial charge in [0.25, 0.3) is 5.56 Å². The highest BCUT2D eigenvalue weighted by Crippen LogP contribution is 2.62. The van der Waals surface area contributed by atoms with Gasteiger partial charge in [0, 0.05) is 5.41 Å². The summed E-state index contributed by atoms with van der Waals surface area (Å²) in [7, 11) is 0. The molecule has 3 aliphatic rings. The van der Waals surface area contributed by atoms with Crippen LogP contribution in [0.1, 0.15) is 52.0 Å². The minimum absolute atomic E-state index is 0.0107. The van der Waals surface area contributed by atoms with Gasteiger partial charge in [-0.25, -0.2) is 9.59 Å². The van der Waals surface area contributed by atoms with Gasteiger partial charge in [-0.2, -0.15) is 4.39 Å². The van der Waals surface area contributed by atoms with E-state index in [2.05, 4.69) is 13.5 Å². The molecule has 0 radical (unpaired) electrons. The number of allylic oxidation sites excluding steroid dienone is 1. The van der Waals surface area contributed by atoms with E-state index in [4.69, 9.17) is 4.74 Å². The third-order valence-corrected chi connectivity index (χ3v) is 8.52. The third-order valence-electron chi connectivity index (χ3n) is 8.52. The number of rotatable bonds is 5. The molecule has 0 spiro atoms. The number of carbonyl (C=O) groups excluding carboxylic acids is 1.